The molecule has 1 fully saturated rings. The van der Waals surface area contributed by atoms with Crippen molar-refractivity contribution in [2.45, 2.75) is 24.8 Å². The summed E-state index contributed by atoms with van der Waals surface area (Å²) < 4.78 is 30.3. The molecule has 0 saturated carbocycles. The fourth-order valence-electron chi connectivity index (χ4n) is 1.57. The number of ether oxygens (including phenoxy) is 1. The number of nitriles is 1. The average Bonchev–Trinajstić information content (AvgIpc) is 2.31. The van der Waals surface area contributed by atoms with E-state index >= 15 is 0 Å². The lowest BCUT2D eigenvalue weighted by Crippen LogP contribution is -2.50. The summed E-state index contributed by atoms with van der Waals surface area (Å²) in [6, 6.07) is 1.74. The van der Waals surface area contributed by atoms with Gasteiger partial charge in [-0.2, -0.15) is 14.6 Å². The van der Waals surface area contributed by atoms with Crippen molar-refractivity contribution in [1.82, 2.24) is 4.31 Å². The Balaban J connectivity index is 3.03. The monoisotopic (exact) mass is 259 g/mol. The van der Waals surface area contributed by atoms with E-state index in [0.29, 0.717) is 0 Å². The molecule has 2 unspecified atom stereocenters. The second-order valence-electron chi connectivity index (χ2n) is 3.46. The Morgan fingerprint density at radius 3 is 2.88 bits per heavy atom. The quantitative estimate of drug-likeness (QED) is 0.505. The van der Waals surface area contributed by atoms with E-state index in [1.807, 2.05) is 0 Å². The summed E-state index contributed by atoms with van der Waals surface area (Å²) in [6.07, 6.45) is 0.600. The maximum absolute atomic E-state index is 12.1. The Morgan fingerprint density at radius 1 is 1.65 bits per heavy atom. The van der Waals surface area contributed by atoms with Crippen LogP contribution in [0.15, 0.2) is 4.99 Å². The summed E-state index contributed by atoms with van der Waals surface area (Å²) in [4.78, 5) is 13.6. The van der Waals surface area contributed by atoms with Gasteiger partial charge in [-0.3, -0.25) is 0 Å². The van der Waals surface area contributed by atoms with E-state index in [0.717, 1.165) is 4.31 Å². The Bertz CT molecular complexity index is 449. The van der Waals surface area contributed by atoms with Crippen LogP contribution < -0.4 is 0 Å². The van der Waals surface area contributed by atoms with Crippen LogP contribution in [0.5, 0.6) is 0 Å². The molecule has 0 aromatic rings. The molecule has 0 radical (unpaired) electrons. The molecule has 1 rings (SSSR count). The third-order valence-corrected chi connectivity index (χ3v) is 4.70. The molecule has 0 aromatic carbocycles. The first-order valence-corrected chi connectivity index (χ1v) is 6.63. The van der Waals surface area contributed by atoms with Crippen LogP contribution in [0.25, 0.3) is 0 Å². The van der Waals surface area contributed by atoms with Crippen LogP contribution in [0, 0.1) is 11.3 Å². The summed E-state index contributed by atoms with van der Waals surface area (Å²) in [5, 5.41) is 7.69. The highest BCUT2D eigenvalue weighted by Gasteiger charge is 2.37. The largest absolute Gasteiger partial charge is 0.376 e. The van der Waals surface area contributed by atoms with Crippen LogP contribution in [-0.4, -0.2) is 50.0 Å². The first kappa shape index (κ1) is 13.8. The molecule has 0 amide bonds. The second-order valence-corrected chi connectivity index (χ2v) is 5.53. The number of carbonyl (C=O) groups excluding carboxylic acids is 1. The van der Waals surface area contributed by atoms with Crippen molar-refractivity contribution in [1.29, 1.82) is 5.26 Å². The minimum Gasteiger partial charge on any atom is -0.376 e. The fraction of sp³-hybridized carbons (Fsp3) is 0.778. The van der Waals surface area contributed by atoms with E-state index in [1.54, 1.807) is 13.0 Å². The predicted octanol–water partition coefficient (Wildman–Crippen LogP) is -0.388. The Labute approximate surface area is 99.7 Å². The van der Waals surface area contributed by atoms with Crippen LogP contribution in [0.4, 0.5) is 0 Å². The molecular formula is C9H13N3O4S. The molecule has 0 bridgehead atoms. The molecule has 1 saturated heterocycles. The minimum atomic E-state index is -3.78. The standard InChI is InChI=1S/C9H13N3O4S/c1-2-8(5-10)17(14,15)12-3-4-16-6-9(12)11-7-13/h8-9H,2-4,6H2,1H3. The molecule has 94 valence electrons. The minimum absolute atomic E-state index is 0.0103. The highest BCUT2D eigenvalue weighted by Crippen LogP contribution is 2.18. The second kappa shape index (κ2) is 5.89. The normalized spacial score (nSPS) is 23.4. The van der Waals surface area contributed by atoms with Crippen LogP contribution in [-0.2, 0) is 19.6 Å². The molecule has 8 heteroatoms. The Hall–Kier alpha value is -1.26. The highest BCUT2D eigenvalue weighted by molar-refractivity contribution is 7.90. The zero-order valence-corrected chi connectivity index (χ0v) is 10.2. The molecule has 0 aromatic heterocycles. The number of morpholine rings is 1. The van der Waals surface area contributed by atoms with Crippen molar-refractivity contribution in [3.8, 4) is 6.07 Å². The van der Waals surface area contributed by atoms with Gasteiger partial charge in [0.1, 0.15) is 0 Å². The van der Waals surface area contributed by atoms with Crippen molar-refractivity contribution in [3.05, 3.63) is 0 Å². The zero-order chi connectivity index (χ0) is 12.9. The molecule has 1 heterocycles. The molecule has 17 heavy (non-hydrogen) atoms. The van der Waals surface area contributed by atoms with Gasteiger partial charge in [0.25, 0.3) is 0 Å². The molecule has 0 aliphatic carbocycles. The van der Waals surface area contributed by atoms with Gasteiger partial charge in [-0.15, -0.1) is 0 Å². The van der Waals surface area contributed by atoms with E-state index in [9.17, 15) is 13.2 Å². The number of rotatable bonds is 4. The predicted molar refractivity (Wildman–Crippen MR) is 58.0 cm³/mol. The zero-order valence-electron chi connectivity index (χ0n) is 9.37. The first-order chi connectivity index (χ1) is 8.07. The topological polar surface area (TPSA) is 99.8 Å². The number of sulfonamides is 1. The summed E-state index contributed by atoms with van der Waals surface area (Å²) in [5.41, 5.74) is 0. The SMILES string of the molecule is CCC(C#N)S(=O)(=O)N1CCOCC1N=C=O. The number of isocyanates is 1. The molecule has 1 aliphatic rings. The third kappa shape index (κ3) is 2.90. The van der Waals surface area contributed by atoms with Crippen LogP contribution in [0.3, 0.4) is 0 Å². The van der Waals surface area contributed by atoms with Gasteiger partial charge in [-0.05, 0) is 6.42 Å². The number of hydrogen-bond donors (Lipinski definition) is 0. The van der Waals surface area contributed by atoms with Gasteiger partial charge in [0.05, 0.1) is 19.3 Å². The highest BCUT2D eigenvalue weighted by atomic mass is 32.2. The van der Waals surface area contributed by atoms with E-state index in [4.69, 9.17) is 10.00 Å². The van der Waals surface area contributed by atoms with E-state index in [-0.39, 0.29) is 26.2 Å². The molecule has 0 spiro atoms. The van der Waals surface area contributed by atoms with E-state index < -0.39 is 21.4 Å². The lowest BCUT2D eigenvalue weighted by atomic mass is 10.4. The lowest BCUT2D eigenvalue weighted by Gasteiger charge is -2.32. The van der Waals surface area contributed by atoms with Crippen molar-refractivity contribution in [2.75, 3.05) is 19.8 Å². The molecule has 2 atom stereocenters. The van der Waals surface area contributed by atoms with Gasteiger partial charge in [0.15, 0.2) is 11.4 Å². The molecule has 0 N–H and O–H groups in total. The maximum atomic E-state index is 12.1. The van der Waals surface area contributed by atoms with E-state index in [1.165, 1.54) is 6.08 Å². The van der Waals surface area contributed by atoms with Gasteiger partial charge in [0.2, 0.25) is 16.1 Å². The lowest BCUT2D eigenvalue weighted by molar-refractivity contribution is 0.0356. The molecule has 1 aliphatic heterocycles. The smallest absolute Gasteiger partial charge is 0.236 e. The fourth-order valence-corrected chi connectivity index (χ4v) is 3.22. The number of nitrogens with zero attached hydrogens (tertiary/aromatic N) is 3. The summed E-state index contributed by atoms with van der Waals surface area (Å²) in [6.45, 7) is 1.95. The van der Waals surface area contributed by atoms with Gasteiger partial charge < -0.3 is 4.74 Å². The van der Waals surface area contributed by atoms with Crippen molar-refractivity contribution >= 4 is 16.1 Å². The molecule has 7 nitrogen and oxygen atoms in total. The number of aliphatic imine (C=N–C) groups is 1. The Kier molecular flexibility index (Phi) is 4.78. The third-order valence-electron chi connectivity index (χ3n) is 2.46. The van der Waals surface area contributed by atoms with Crippen LogP contribution in [0.2, 0.25) is 0 Å². The van der Waals surface area contributed by atoms with Gasteiger partial charge >= 0.3 is 0 Å². The van der Waals surface area contributed by atoms with Gasteiger partial charge in [-0.1, -0.05) is 6.92 Å². The average molecular weight is 259 g/mol. The van der Waals surface area contributed by atoms with Crippen LogP contribution >= 0.6 is 0 Å². The summed E-state index contributed by atoms with van der Waals surface area (Å²) in [5.74, 6) is 0. The molecular weight excluding hydrogens is 246 g/mol. The van der Waals surface area contributed by atoms with Crippen LogP contribution in [0.1, 0.15) is 13.3 Å². The van der Waals surface area contributed by atoms with Gasteiger partial charge in [-0.25, -0.2) is 13.2 Å². The Morgan fingerprint density at radius 2 is 2.35 bits per heavy atom. The van der Waals surface area contributed by atoms with Gasteiger partial charge in [0, 0.05) is 6.54 Å². The van der Waals surface area contributed by atoms with E-state index in [2.05, 4.69) is 4.99 Å². The first-order valence-electron chi connectivity index (χ1n) is 5.13. The maximum Gasteiger partial charge on any atom is 0.236 e. The summed E-state index contributed by atoms with van der Waals surface area (Å²) in [7, 11) is -3.78. The number of hydrogen-bond acceptors (Lipinski definition) is 6. The summed E-state index contributed by atoms with van der Waals surface area (Å²) >= 11 is 0. The van der Waals surface area contributed by atoms with Crippen molar-refractivity contribution in [3.63, 3.8) is 0 Å². The van der Waals surface area contributed by atoms with Crippen molar-refractivity contribution < 1.29 is 17.9 Å². The van der Waals surface area contributed by atoms with Crippen molar-refractivity contribution in [2.24, 2.45) is 4.99 Å².